The Morgan fingerprint density at radius 3 is 2.27 bits per heavy atom. The lowest BCUT2D eigenvalue weighted by Crippen LogP contribution is -2.43. The molecule has 0 saturated carbocycles. The van der Waals surface area contributed by atoms with Crippen LogP contribution in [0, 0.1) is 5.92 Å². The van der Waals surface area contributed by atoms with Crippen LogP contribution in [-0.4, -0.2) is 26.0 Å². The second-order valence-electron chi connectivity index (χ2n) is 6.14. The molecule has 3 rings (SSSR count). The van der Waals surface area contributed by atoms with Crippen LogP contribution >= 0.6 is 0 Å². The Labute approximate surface area is 150 Å². The molecule has 0 unspecified atom stereocenters. The summed E-state index contributed by atoms with van der Waals surface area (Å²) in [4.78, 5) is 36.0. The van der Waals surface area contributed by atoms with Gasteiger partial charge in [-0.15, -0.1) is 0 Å². The fourth-order valence-corrected chi connectivity index (χ4v) is 4.24. The number of nitrogens with one attached hydrogen (secondary N) is 2. The first-order chi connectivity index (χ1) is 12.2. The van der Waals surface area contributed by atoms with Crippen molar-refractivity contribution in [2.45, 2.75) is 23.6 Å². The summed E-state index contributed by atoms with van der Waals surface area (Å²) < 4.78 is 25.6. The molecule has 2 aromatic rings. The number of fused-ring (bicyclic) bond motifs is 2. The Morgan fingerprint density at radius 1 is 0.923 bits per heavy atom. The number of hydrogen-bond acceptors (Lipinski definition) is 5. The van der Waals surface area contributed by atoms with Crippen LogP contribution in [0.1, 0.15) is 40.1 Å². The zero-order valence-corrected chi connectivity index (χ0v) is 14.9. The predicted octanol–water partition coefficient (Wildman–Crippen LogP) is 1.48. The van der Waals surface area contributed by atoms with E-state index in [9.17, 15) is 22.8 Å². The maximum Gasteiger partial charge on any atom is 0.269 e. The first kappa shape index (κ1) is 17.8. The summed E-state index contributed by atoms with van der Waals surface area (Å²) >= 11 is 0. The molecular formula is C18H16N2O5S. The molecule has 0 aromatic heterocycles. The maximum atomic E-state index is 12.8. The van der Waals surface area contributed by atoms with Crippen molar-refractivity contribution in [3.05, 3.63) is 59.2 Å². The van der Waals surface area contributed by atoms with E-state index in [1.54, 1.807) is 19.9 Å². The van der Waals surface area contributed by atoms with Gasteiger partial charge in [0.05, 0.1) is 9.79 Å². The molecule has 0 spiro atoms. The average Bonchev–Trinajstić information content (AvgIpc) is 2.63. The summed E-state index contributed by atoms with van der Waals surface area (Å²) in [6.45, 7) is 3.33. The molecule has 0 atom stereocenters. The quantitative estimate of drug-likeness (QED) is 0.662. The monoisotopic (exact) mass is 372 g/mol. The lowest BCUT2D eigenvalue weighted by atomic mass is 10.0. The van der Waals surface area contributed by atoms with Crippen LogP contribution in [-0.2, 0) is 14.6 Å². The normalized spacial score (nSPS) is 14.3. The Kier molecular flexibility index (Phi) is 4.37. The van der Waals surface area contributed by atoms with Crippen molar-refractivity contribution in [1.82, 2.24) is 10.9 Å². The molecule has 0 saturated heterocycles. The Hall–Kier alpha value is -3.00. The van der Waals surface area contributed by atoms with Gasteiger partial charge in [-0.3, -0.25) is 25.2 Å². The minimum atomic E-state index is -3.92. The van der Waals surface area contributed by atoms with E-state index in [-0.39, 0.29) is 38.3 Å². The molecule has 0 fully saturated rings. The van der Waals surface area contributed by atoms with Crippen molar-refractivity contribution in [3.63, 3.8) is 0 Å². The van der Waals surface area contributed by atoms with Gasteiger partial charge in [0.1, 0.15) is 0 Å². The third-order valence-corrected chi connectivity index (χ3v) is 5.87. The van der Waals surface area contributed by atoms with Gasteiger partial charge in [-0.05, 0) is 30.3 Å². The lowest BCUT2D eigenvalue weighted by molar-refractivity contribution is -0.124. The van der Waals surface area contributed by atoms with Gasteiger partial charge in [0, 0.05) is 22.6 Å². The molecule has 8 heteroatoms. The standard InChI is InChI=1S/C18H16N2O5S/c1-10(2)17(22)19-20-18(23)11-7-8-13-15(9-11)26(24,25)14-6-4-3-5-12(14)16(13)21/h3-10H,1-2H3,(H,19,22)(H,20,23). The number of amides is 2. The number of hydrazine groups is 1. The van der Waals surface area contributed by atoms with Gasteiger partial charge in [0.25, 0.3) is 5.91 Å². The van der Waals surface area contributed by atoms with Crippen molar-refractivity contribution in [2.24, 2.45) is 5.92 Å². The second-order valence-corrected chi connectivity index (χ2v) is 8.02. The van der Waals surface area contributed by atoms with E-state index >= 15 is 0 Å². The van der Waals surface area contributed by atoms with Crippen LogP contribution in [0.5, 0.6) is 0 Å². The third-order valence-electron chi connectivity index (χ3n) is 4.02. The number of carbonyl (C=O) groups is 3. The lowest BCUT2D eigenvalue weighted by Gasteiger charge is -2.19. The summed E-state index contributed by atoms with van der Waals surface area (Å²) in [6, 6.07) is 9.75. The van der Waals surface area contributed by atoms with Gasteiger partial charge in [-0.25, -0.2) is 8.42 Å². The zero-order chi connectivity index (χ0) is 19.1. The largest absolute Gasteiger partial charge is 0.289 e. The van der Waals surface area contributed by atoms with Crippen molar-refractivity contribution >= 4 is 27.4 Å². The van der Waals surface area contributed by atoms with E-state index < -0.39 is 21.5 Å². The Bertz CT molecular complexity index is 1040. The van der Waals surface area contributed by atoms with Gasteiger partial charge in [0.2, 0.25) is 15.7 Å². The SMILES string of the molecule is CC(C)C(=O)NNC(=O)c1ccc2c(c1)S(=O)(=O)c1ccccc1C2=O. The highest BCUT2D eigenvalue weighted by Crippen LogP contribution is 2.34. The molecule has 7 nitrogen and oxygen atoms in total. The van der Waals surface area contributed by atoms with Crippen molar-refractivity contribution in [3.8, 4) is 0 Å². The molecule has 0 bridgehead atoms. The molecule has 2 amide bonds. The van der Waals surface area contributed by atoms with E-state index in [0.29, 0.717) is 0 Å². The van der Waals surface area contributed by atoms with E-state index in [1.165, 1.54) is 30.3 Å². The highest BCUT2D eigenvalue weighted by atomic mass is 32.2. The fourth-order valence-electron chi connectivity index (χ4n) is 2.56. The van der Waals surface area contributed by atoms with E-state index in [4.69, 9.17) is 0 Å². The number of hydrogen-bond donors (Lipinski definition) is 2. The fraction of sp³-hybridized carbons (Fsp3) is 0.167. The molecule has 2 N–H and O–H groups in total. The summed E-state index contributed by atoms with van der Waals surface area (Å²) in [7, 11) is -3.92. The average molecular weight is 372 g/mol. The zero-order valence-electron chi connectivity index (χ0n) is 14.1. The minimum absolute atomic E-state index is 0.0172. The van der Waals surface area contributed by atoms with Crippen LogP contribution in [0.2, 0.25) is 0 Å². The smallest absolute Gasteiger partial charge is 0.269 e. The van der Waals surface area contributed by atoms with Gasteiger partial charge in [0.15, 0.2) is 5.78 Å². The predicted molar refractivity (Wildman–Crippen MR) is 92.2 cm³/mol. The molecule has 134 valence electrons. The number of rotatable bonds is 2. The van der Waals surface area contributed by atoms with Crippen LogP contribution in [0.25, 0.3) is 0 Å². The molecule has 1 heterocycles. The van der Waals surface area contributed by atoms with E-state index in [2.05, 4.69) is 10.9 Å². The summed E-state index contributed by atoms with van der Waals surface area (Å²) in [5.74, 6) is -1.80. The van der Waals surface area contributed by atoms with Gasteiger partial charge in [-0.2, -0.15) is 0 Å². The van der Waals surface area contributed by atoms with Crippen molar-refractivity contribution in [1.29, 1.82) is 0 Å². The molecule has 1 aliphatic heterocycles. The van der Waals surface area contributed by atoms with Gasteiger partial charge < -0.3 is 0 Å². The number of sulfone groups is 1. The summed E-state index contributed by atoms with van der Waals surface area (Å²) in [5.41, 5.74) is 4.63. The summed E-state index contributed by atoms with van der Waals surface area (Å²) in [5, 5.41) is 0. The van der Waals surface area contributed by atoms with Crippen molar-refractivity contribution in [2.75, 3.05) is 0 Å². The third kappa shape index (κ3) is 2.88. The van der Waals surface area contributed by atoms with E-state index in [0.717, 1.165) is 6.07 Å². The molecule has 2 aromatic carbocycles. The van der Waals surface area contributed by atoms with Crippen LogP contribution in [0.4, 0.5) is 0 Å². The topological polar surface area (TPSA) is 109 Å². The highest BCUT2D eigenvalue weighted by Gasteiger charge is 2.35. The van der Waals surface area contributed by atoms with Crippen LogP contribution < -0.4 is 10.9 Å². The van der Waals surface area contributed by atoms with Crippen molar-refractivity contribution < 1.29 is 22.8 Å². The Balaban J connectivity index is 1.98. The molecule has 26 heavy (non-hydrogen) atoms. The second kappa shape index (κ2) is 6.38. The number of benzene rings is 2. The minimum Gasteiger partial charge on any atom is -0.289 e. The first-order valence-corrected chi connectivity index (χ1v) is 9.35. The number of ketones is 1. The van der Waals surface area contributed by atoms with Crippen LogP contribution in [0.3, 0.4) is 0 Å². The number of carbonyl (C=O) groups excluding carboxylic acids is 3. The van der Waals surface area contributed by atoms with Gasteiger partial charge >= 0.3 is 0 Å². The summed E-state index contributed by atoms with van der Waals surface area (Å²) in [6.07, 6.45) is 0. The molecular weight excluding hydrogens is 356 g/mol. The molecule has 1 aliphatic rings. The highest BCUT2D eigenvalue weighted by molar-refractivity contribution is 7.91. The molecule has 0 aliphatic carbocycles. The first-order valence-electron chi connectivity index (χ1n) is 7.86. The Morgan fingerprint density at radius 2 is 1.58 bits per heavy atom. The molecule has 0 radical (unpaired) electrons. The van der Waals surface area contributed by atoms with E-state index in [1.807, 2.05) is 0 Å². The van der Waals surface area contributed by atoms with Crippen LogP contribution in [0.15, 0.2) is 52.3 Å². The van der Waals surface area contributed by atoms with Gasteiger partial charge in [-0.1, -0.05) is 26.0 Å². The maximum absolute atomic E-state index is 12.8.